The molecule has 7 nitrogen and oxygen atoms in total. The molecule has 0 saturated heterocycles. The summed E-state index contributed by atoms with van der Waals surface area (Å²) in [6, 6.07) is 26.3. The zero-order chi connectivity index (χ0) is 26.5. The van der Waals surface area contributed by atoms with Crippen molar-refractivity contribution >= 4 is 40.8 Å². The van der Waals surface area contributed by atoms with Gasteiger partial charge < -0.3 is 15.5 Å². The monoisotopic (exact) mass is 524 g/mol. The second-order valence-corrected chi connectivity index (χ2v) is 9.45. The smallest absolute Gasteiger partial charge is 0.256 e. The number of hydrogen-bond donors (Lipinski definition) is 2. The predicted octanol–water partition coefficient (Wildman–Crippen LogP) is 5.58. The van der Waals surface area contributed by atoms with Crippen LogP contribution in [0.15, 0.2) is 97.2 Å². The Bertz CT molecular complexity index is 1460. The van der Waals surface area contributed by atoms with E-state index in [0.29, 0.717) is 40.5 Å². The van der Waals surface area contributed by atoms with Crippen molar-refractivity contribution in [2.24, 2.45) is 0 Å². The SMILES string of the molecule is O=C(Nc1ccccn1)c1ccc(CN2C(=O)c3ccc(Cl)cc3NC(=O)[C@H]2CCc2ccccc2)cc1. The molecule has 0 spiro atoms. The van der Waals surface area contributed by atoms with Crippen LogP contribution >= 0.6 is 11.6 Å². The summed E-state index contributed by atoms with van der Waals surface area (Å²) in [4.78, 5) is 45.4. The van der Waals surface area contributed by atoms with Gasteiger partial charge in [0.15, 0.2) is 0 Å². The van der Waals surface area contributed by atoms with E-state index in [0.717, 1.165) is 11.1 Å². The number of pyridine rings is 1. The number of hydrogen-bond acceptors (Lipinski definition) is 4. The highest BCUT2D eigenvalue weighted by Gasteiger charge is 2.35. The Kier molecular flexibility index (Phi) is 7.47. The molecule has 0 fully saturated rings. The van der Waals surface area contributed by atoms with E-state index < -0.39 is 6.04 Å². The van der Waals surface area contributed by atoms with E-state index in [2.05, 4.69) is 15.6 Å². The summed E-state index contributed by atoms with van der Waals surface area (Å²) in [5, 5.41) is 6.09. The first-order valence-electron chi connectivity index (χ1n) is 12.2. The van der Waals surface area contributed by atoms with Gasteiger partial charge in [0.05, 0.1) is 11.3 Å². The van der Waals surface area contributed by atoms with E-state index >= 15 is 0 Å². The number of amides is 3. The zero-order valence-corrected chi connectivity index (χ0v) is 21.2. The van der Waals surface area contributed by atoms with Crippen molar-refractivity contribution in [3.05, 3.63) is 124 Å². The number of aryl methyl sites for hydroxylation is 1. The zero-order valence-electron chi connectivity index (χ0n) is 20.4. The molecule has 2 heterocycles. The van der Waals surface area contributed by atoms with Crippen LogP contribution in [0.3, 0.4) is 0 Å². The normalized spacial score (nSPS) is 14.9. The second-order valence-electron chi connectivity index (χ2n) is 9.02. The molecule has 1 aromatic heterocycles. The fraction of sp³-hybridized carbons (Fsp3) is 0.133. The highest BCUT2D eigenvalue weighted by molar-refractivity contribution is 6.31. The lowest BCUT2D eigenvalue weighted by molar-refractivity contribution is -0.120. The Morgan fingerprint density at radius 2 is 1.68 bits per heavy atom. The Morgan fingerprint density at radius 1 is 0.921 bits per heavy atom. The van der Waals surface area contributed by atoms with Crippen molar-refractivity contribution < 1.29 is 14.4 Å². The Hall–Kier alpha value is -4.49. The molecule has 1 aliphatic rings. The quantitative estimate of drug-likeness (QED) is 0.330. The second kappa shape index (κ2) is 11.3. The molecule has 3 aromatic carbocycles. The van der Waals surface area contributed by atoms with Crippen LogP contribution in [-0.2, 0) is 17.8 Å². The third kappa shape index (κ3) is 5.74. The number of nitrogens with zero attached hydrogens (tertiary/aromatic N) is 2. The van der Waals surface area contributed by atoms with Gasteiger partial charge in [-0.3, -0.25) is 14.4 Å². The van der Waals surface area contributed by atoms with Crippen molar-refractivity contribution in [2.75, 3.05) is 10.6 Å². The summed E-state index contributed by atoms with van der Waals surface area (Å²) in [5.41, 5.74) is 3.13. The molecule has 8 heteroatoms. The van der Waals surface area contributed by atoms with Crippen LogP contribution in [0.25, 0.3) is 0 Å². The molecule has 1 atom stereocenters. The molecule has 0 unspecified atom stereocenters. The Labute approximate surface area is 225 Å². The Morgan fingerprint density at radius 3 is 2.42 bits per heavy atom. The maximum Gasteiger partial charge on any atom is 0.256 e. The van der Waals surface area contributed by atoms with E-state index in [1.807, 2.05) is 30.3 Å². The Balaban J connectivity index is 1.39. The van der Waals surface area contributed by atoms with Gasteiger partial charge in [-0.15, -0.1) is 0 Å². The standard InChI is InChI=1S/C30H25ClN4O3/c31-23-14-15-24-25(18-23)33-29(37)26(16-11-20-6-2-1-3-7-20)35(30(24)38)19-21-9-12-22(13-10-21)28(36)34-27-8-4-5-17-32-27/h1-10,12-15,17-18,26H,11,16,19H2,(H,33,37)(H,32,34,36)/t26-/m1/s1. The van der Waals surface area contributed by atoms with Crippen molar-refractivity contribution in [1.29, 1.82) is 0 Å². The van der Waals surface area contributed by atoms with Crippen molar-refractivity contribution in [3.8, 4) is 0 Å². The number of anilines is 2. The van der Waals surface area contributed by atoms with Gasteiger partial charge in [-0.05, 0) is 66.4 Å². The number of carbonyl (C=O) groups excluding carboxylic acids is 3. The molecule has 1 aliphatic heterocycles. The average Bonchev–Trinajstić information content (AvgIpc) is 3.02. The van der Waals surface area contributed by atoms with E-state index in [-0.39, 0.29) is 24.3 Å². The van der Waals surface area contributed by atoms with Crippen molar-refractivity contribution in [2.45, 2.75) is 25.4 Å². The molecule has 0 aliphatic carbocycles. The first-order chi connectivity index (χ1) is 18.5. The highest BCUT2D eigenvalue weighted by Crippen LogP contribution is 2.29. The fourth-order valence-corrected chi connectivity index (χ4v) is 4.63. The largest absolute Gasteiger partial charge is 0.323 e. The lowest BCUT2D eigenvalue weighted by Gasteiger charge is -2.29. The molecule has 190 valence electrons. The number of rotatable bonds is 7. The minimum absolute atomic E-state index is 0.204. The number of halogens is 1. The molecule has 0 radical (unpaired) electrons. The fourth-order valence-electron chi connectivity index (χ4n) is 4.46. The van der Waals surface area contributed by atoms with Crippen LogP contribution in [-0.4, -0.2) is 33.6 Å². The molecule has 5 rings (SSSR count). The molecule has 38 heavy (non-hydrogen) atoms. The molecule has 0 saturated carbocycles. The van der Waals surface area contributed by atoms with Crippen LogP contribution in [0.2, 0.25) is 5.02 Å². The molecule has 4 aromatic rings. The third-order valence-corrected chi connectivity index (χ3v) is 6.67. The average molecular weight is 525 g/mol. The number of fused-ring (bicyclic) bond motifs is 1. The van der Waals surface area contributed by atoms with E-state index in [9.17, 15) is 14.4 Å². The predicted molar refractivity (Wildman–Crippen MR) is 147 cm³/mol. The summed E-state index contributed by atoms with van der Waals surface area (Å²) < 4.78 is 0. The number of benzene rings is 3. The van der Waals surface area contributed by atoms with Crippen LogP contribution < -0.4 is 10.6 Å². The molecule has 3 amide bonds. The van der Waals surface area contributed by atoms with Gasteiger partial charge in [-0.25, -0.2) is 4.98 Å². The minimum Gasteiger partial charge on any atom is -0.323 e. The van der Waals surface area contributed by atoms with Crippen LogP contribution in [0.4, 0.5) is 11.5 Å². The highest BCUT2D eigenvalue weighted by atomic mass is 35.5. The van der Waals surface area contributed by atoms with Crippen LogP contribution in [0.1, 0.15) is 38.3 Å². The van der Waals surface area contributed by atoms with Gasteiger partial charge in [0, 0.05) is 23.3 Å². The maximum atomic E-state index is 13.7. The lowest BCUT2D eigenvalue weighted by Crippen LogP contribution is -2.45. The van der Waals surface area contributed by atoms with E-state index in [4.69, 9.17) is 11.6 Å². The topological polar surface area (TPSA) is 91.4 Å². The van der Waals surface area contributed by atoms with E-state index in [1.165, 1.54) is 0 Å². The van der Waals surface area contributed by atoms with Crippen molar-refractivity contribution in [1.82, 2.24) is 9.88 Å². The summed E-state index contributed by atoms with van der Waals surface area (Å²) in [5.74, 6) is -0.346. The van der Waals surface area contributed by atoms with Gasteiger partial charge in [0.25, 0.3) is 11.8 Å². The number of carbonyl (C=O) groups is 3. The first-order valence-corrected chi connectivity index (χ1v) is 12.6. The van der Waals surface area contributed by atoms with Crippen molar-refractivity contribution in [3.63, 3.8) is 0 Å². The summed E-state index contributed by atoms with van der Waals surface area (Å²) >= 11 is 6.15. The van der Waals surface area contributed by atoms with Crippen LogP contribution in [0.5, 0.6) is 0 Å². The minimum atomic E-state index is -0.694. The number of aromatic nitrogens is 1. The van der Waals surface area contributed by atoms with Gasteiger partial charge >= 0.3 is 0 Å². The van der Waals surface area contributed by atoms with Gasteiger partial charge in [0.1, 0.15) is 11.9 Å². The number of nitrogens with one attached hydrogen (secondary N) is 2. The van der Waals surface area contributed by atoms with Crippen LogP contribution in [0, 0.1) is 0 Å². The third-order valence-electron chi connectivity index (χ3n) is 6.43. The van der Waals surface area contributed by atoms with Gasteiger partial charge in [0.2, 0.25) is 5.91 Å². The molecular weight excluding hydrogens is 500 g/mol. The lowest BCUT2D eigenvalue weighted by atomic mass is 10.0. The first kappa shape index (κ1) is 25.2. The molecular formula is C30H25ClN4O3. The van der Waals surface area contributed by atoms with Gasteiger partial charge in [-0.1, -0.05) is 60.1 Å². The van der Waals surface area contributed by atoms with E-state index in [1.54, 1.807) is 71.8 Å². The summed E-state index contributed by atoms with van der Waals surface area (Å²) in [6.07, 6.45) is 2.69. The molecule has 0 bridgehead atoms. The van der Waals surface area contributed by atoms with Gasteiger partial charge in [-0.2, -0.15) is 0 Å². The summed E-state index contributed by atoms with van der Waals surface area (Å²) in [7, 11) is 0. The maximum absolute atomic E-state index is 13.7. The summed E-state index contributed by atoms with van der Waals surface area (Å²) in [6.45, 7) is 0.204. The molecule has 2 N–H and O–H groups in total.